The second-order valence-corrected chi connectivity index (χ2v) is 8.80. The van der Waals surface area contributed by atoms with Crippen LogP contribution in [0.5, 0.6) is 0 Å². The van der Waals surface area contributed by atoms with Crippen molar-refractivity contribution in [1.29, 1.82) is 0 Å². The Morgan fingerprint density at radius 3 is 1.62 bits per heavy atom. The second kappa shape index (κ2) is 7.11. The van der Waals surface area contributed by atoms with E-state index in [0.29, 0.717) is 0 Å². The first kappa shape index (κ1) is 16.6. The lowest BCUT2D eigenvalue weighted by molar-refractivity contribution is 0.598. The molecule has 5 heteroatoms. The zero-order chi connectivity index (χ0) is 17.0. The van der Waals surface area contributed by atoms with Crippen LogP contribution in [0.3, 0.4) is 0 Å². The normalized spacial score (nSPS) is 11.4. The van der Waals surface area contributed by atoms with Gasteiger partial charge in [0.2, 0.25) is 0 Å². The van der Waals surface area contributed by atoms with E-state index < -0.39 is 20.7 Å². The van der Waals surface area contributed by atoms with E-state index in [1.54, 1.807) is 24.3 Å². The summed E-state index contributed by atoms with van der Waals surface area (Å²) in [5.41, 5.74) is 1.01. The summed E-state index contributed by atoms with van der Waals surface area (Å²) in [6, 6.07) is 25.8. The molecule has 0 unspecified atom stereocenters. The summed E-state index contributed by atoms with van der Waals surface area (Å²) in [4.78, 5) is 1.97. The average Bonchev–Trinajstić information content (AvgIpc) is 2.62. The first-order chi connectivity index (χ1) is 11.6. The van der Waals surface area contributed by atoms with Gasteiger partial charge in [-0.3, -0.25) is 0 Å². The highest BCUT2D eigenvalue weighted by atomic mass is 32.3. The number of sulfonamides is 1. The molecule has 0 heterocycles. The summed E-state index contributed by atoms with van der Waals surface area (Å²) in [6.07, 6.45) is 0. The first-order valence-corrected chi connectivity index (χ1v) is 10.1. The van der Waals surface area contributed by atoms with Gasteiger partial charge in [0.05, 0.1) is 4.90 Å². The molecule has 3 aromatic carbocycles. The molecule has 3 rings (SSSR count). The van der Waals surface area contributed by atoms with E-state index in [2.05, 4.69) is 3.77 Å². The summed E-state index contributed by atoms with van der Waals surface area (Å²) in [6.45, 7) is 1.92. The van der Waals surface area contributed by atoms with Gasteiger partial charge in [-0.15, -0.1) is 3.77 Å². The molecule has 0 bridgehead atoms. The Hall–Kier alpha value is -2.24. The Morgan fingerprint density at radius 2 is 1.17 bits per heavy atom. The van der Waals surface area contributed by atoms with Crippen LogP contribution in [-0.4, -0.2) is 8.42 Å². The van der Waals surface area contributed by atoms with Gasteiger partial charge >= 0.3 is 0 Å². The van der Waals surface area contributed by atoms with Crippen molar-refractivity contribution in [2.24, 2.45) is 3.77 Å². The highest BCUT2D eigenvalue weighted by Gasteiger charge is 2.15. The fraction of sp³-hybridized carbons (Fsp3) is 0.0526. The van der Waals surface area contributed by atoms with Crippen LogP contribution in [0.2, 0.25) is 0 Å². The largest absolute Gasteiger partial charge is 0.288 e. The molecule has 0 saturated heterocycles. The molecule has 0 N–H and O–H groups in total. The van der Waals surface area contributed by atoms with Crippen molar-refractivity contribution in [3.8, 4) is 0 Å². The van der Waals surface area contributed by atoms with Gasteiger partial charge in [-0.2, -0.15) is 8.42 Å². The molecular formula is C19H17NO2S2. The topological polar surface area (TPSA) is 46.5 Å². The molecule has 0 spiro atoms. The minimum Gasteiger partial charge on any atom is -0.199 e. The monoisotopic (exact) mass is 355 g/mol. The highest BCUT2D eigenvalue weighted by Crippen LogP contribution is 2.23. The summed E-state index contributed by atoms with van der Waals surface area (Å²) < 4.78 is 29.7. The van der Waals surface area contributed by atoms with E-state index in [9.17, 15) is 8.42 Å². The Bertz CT molecular complexity index is 908. The molecule has 0 atom stereocenters. The van der Waals surface area contributed by atoms with E-state index in [4.69, 9.17) is 0 Å². The van der Waals surface area contributed by atoms with Gasteiger partial charge < -0.3 is 0 Å². The smallest absolute Gasteiger partial charge is 0.199 e. The third-order valence-electron chi connectivity index (χ3n) is 3.42. The number of nitrogens with zero attached hydrogens (tertiary/aromatic N) is 1. The molecule has 0 saturated carbocycles. The number of benzene rings is 3. The van der Waals surface area contributed by atoms with Crippen LogP contribution in [0.1, 0.15) is 5.56 Å². The van der Waals surface area contributed by atoms with E-state index >= 15 is 0 Å². The predicted molar refractivity (Wildman–Crippen MR) is 97.6 cm³/mol. The van der Waals surface area contributed by atoms with Crippen LogP contribution in [0.4, 0.5) is 0 Å². The zero-order valence-electron chi connectivity index (χ0n) is 13.2. The third kappa shape index (κ3) is 3.80. The van der Waals surface area contributed by atoms with Gasteiger partial charge in [0, 0.05) is 9.79 Å². The fourth-order valence-electron chi connectivity index (χ4n) is 2.17. The summed E-state index contributed by atoms with van der Waals surface area (Å²) in [7, 11) is -4.62. The van der Waals surface area contributed by atoms with Gasteiger partial charge in [-0.05, 0) is 54.0 Å². The van der Waals surface area contributed by atoms with Gasteiger partial charge in [-0.25, -0.2) is 0 Å². The zero-order valence-corrected chi connectivity index (χ0v) is 14.8. The Labute approximate surface area is 145 Å². The summed E-state index contributed by atoms with van der Waals surface area (Å²) in [5.74, 6) is 0. The Morgan fingerprint density at radius 1 is 0.708 bits per heavy atom. The molecule has 0 aliphatic heterocycles. The summed E-state index contributed by atoms with van der Waals surface area (Å²) in [5, 5.41) is 0. The molecule has 0 aromatic heterocycles. The second-order valence-electron chi connectivity index (χ2n) is 5.27. The maximum Gasteiger partial charge on any atom is 0.288 e. The molecule has 0 aliphatic carbocycles. The average molecular weight is 355 g/mol. The van der Waals surface area contributed by atoms with Crippen LogP contribution < -0.4 is 0 Å². The van der Waals surface area contributed by atoms with E-state index in [1.807, 2.05) is 67.6 Å². The molecule has 0 radical (unpaired) electrons. The Kier molecular flexibility index (Phi) is 4.92. The van der Waals surface area contributed by atoms with Crippen LogP contribution in [0.25, 0.3) is 0 Å². The van der Waals surface area contributed by atoms with Gasteiger partial charge in [0.25, 0.3) is 10.0 Å². The van der Waals surface area contributed by atoms with Crippen molar-refractivity contribution in [3.63, 3.8) is 0 Å². The molecule has 3 aromatic rings. The summed E-state index contributed by atoms with van der Waals surface area (Å²) >= 11 is 0. The molecule has 0 fully saturated rings. The third-order valence-corrected chi connectivity index (χ3v) is 7.11. The molecular weight excluding hydrogens is 338 g/mol. The van der Waals surface area contributed by atoms with Crippen LogP contribution >= 0.6 is 0 Å². The minimum atomic E-state index is -3.74. The van der Waals surface area contributed by atoms with Gasteiger partial charge in [0.15, 0.2) is 0 Å². The van der Waals surface area contributed by atoms with Gasteiger partial charge in [-0.1, -0.05) is 54.1 Å². The lowest BCUT2D eigenvalue weighted by atomic mass is 10.2. The fourth-order valence-corrected chi connectivity index (χ4v) is 5.57. The number of rotatable bonds is 4. The lowest BCUT2D eigenvalue weighted by Crippen LogP contribution is -2.01. The maximum atomic E-state index is 12.7. The highest BCUT2D eigenvalue weighted by molar-refractivity contribution is 8.00. The van der Waals surface area contributed by atoms with Crippen LogP contribution in [0, 0.1) is 6.92 Å². The number of hydrogen-bond donors (Lipinski definition) is 0. The first-order valence-electron chi connectivity index (χ1n) is 7.45. The molecule has 24 heavy (non-hydrogen) atoms. The van der Waals surface area contributed by atoms with E-state index in [-0.39, 0.29) is 4.90 Å². The van der Waals surface area contributed by atoms with E-state index in [1.165, 1.54) is 0 Å². The Balaban J connectivity index is 2.15. The van der Waals surface area contributed by atoms with Crippen molar-refractivity contribution >= 4 is 20.7 Å². The number of aryl methyl sites for hydroxylation is 1. The van der Waals surface area contributed by atoms with Gasteiger partial charge in [0.1, 0.15) is 0 Å². The molecule has 3 nitrogen and oxygen atoms in total. The van der Waals surface area contributed by atoms with E-state index in [0.717, 1.165) is 15.4 Å². The number of hydrogen-bond acceptors (Lipinski definition) is 2. The van der Waals surface area contributed by atoms with Crippen molar-refractivity contribution in [2.45, 2.75) is 21.6 Å². The van der Waals surface area contributed by atoms with Crippen LogP contribution in [-0.2, 0) is 20.7 Å². The lowest BCUT2D eigenvalue weighted by Gasteiger charge is -2.09. The van der Waals surface area contributed by atoms with Crippen molar-refractivity contribution in [1.82, 2.24) is 0 Å². The van der Waals surface area contributed by atoms with Crippen LogP contribution in [0.15, 0.2) is 103 Å². The minimum absolute atomic E-state index is 0.220. The van der Waals surface area contributed by atoms with Crippen molar-refractivity contribution in [2.75, 3.05) is 0 Å². The SMILES string of the molecule is Cc1ccc(S(=O)(=O)N=S(c2ccccc2)c2ccccc2)cc1. The maximum absolute atomic E-state index is 12.7. The standard InChI is InChI=1S/C19H17NO2S2/c1-16-12-14-19(15-13-16)24(21,22)20-23(17-8-4-2-5-9-17)18-10-6-3-7-11-18/h2-15H,1H3. The molecule has 0 amide bonds. The quantitative estimate of drug-likeness (QED) is 0.686. The van der Waals surface area contributed by atoms with Crippen molar-refractivity contribution in [3.05, 3.63) is 90.5 Å². The molecule has 122 valence electrons. The predicted octanol–water partition coefficient (Wildman–Crippen LogP) is 4.60. The van der Waals surface area contributed by atoms with Crippen molar-refractivity contribution < 1.29 is 8.42 Å². The molecule has 0 aliphatic rings.